The Morgan fingerprint density at radius 2 is 2.05 bits per heavy atom. The first-order chi connectivity index (χ1) is 9.66. The molecule has 0 aliphatic carbocycles. The van der Waals surface area contributed by atoms with Gasteiger partial charge in [-0.1, -0.05) is 0 Å². The molecule has 5 nitrogen and oxygen atoms in total. The van der Waals surface area contributed by atoms with Crippen molar-refractivity contribution in [2.45, 2.75) is 6.54 Å². The van der Waals surface area contributed by atoms with Crippen molar-refractivity contribution < 1.29 is 0 Å². The summed E-state index contributed by atoms with van der Waals surface area (Å²) in [6, 6.07) is 7.83. The van der Waals surface area contributed by atoms with Crippen LogP contribution in [-0.4, -0.2) is 21.6 Å². The topological polar surface area (TPSA) is 60.0 Å². The Morgan fingerprint density at radius 3 is 2.80 bits per heavy atom. The van der Waals surface area contributed by atoms with E-state index in [1.165, 1.54) is 0 Å². The largest absolute Gasteiger partial charge is 0.398 e. The van der Waals surface area contributed by atoms with Gasteiger partial charge in [-0.05, 0) is 24.3 Å². The van der Waals surface area contributed by atoms with Crippen LogP contribution in [0.15, 0.2) is 42.9 Å². The van der Waals surface area contributed by atoms with E-state index in [4.69, 9.17) is 5.73 Å². The van der Waals surface area contributed by atoms with Crippen LogP contribution in [0.5, 0.6) is 0 Å². The quantitative estimate of drug-likeness (QED) is 0.739. The fourth-order valence-electron chi connectivity index (χ4n) is 2.33. The number of benzene rings is 1. The highest BCUT2D eigenvalue weighted by Crippen LogP contribution is 2.29. The van der Waals surface area contributed by atoms with Crippen molar-refractivity contribution in [2.24, 2.45) is 7.05 Å². The maximum Gasteiger partial charge on any atom is 0.127 e. The van der Waals surface area contributed by atoms with Crippen molar-refractivity contribution in [1.82, 2.24) is 14.5 Å². The van der Waals surface area contributed by atoms with Crippen LogP contribution in [0.1, 0.15) is 5.82 Å². The zero-order valence-electron chi connectivity index (χ0n) is 11.6. The number of imidazole rings is 1. The van der Waals surface area contributed by atoms with Gasteiger partial charge in [0, 0.05) is 43.8 Å². The number of aryl methyl sites for hydroxylation is 1. The lowest BCUT2D eigenvalue weighted by Crippen LogP contribution is -2.19. The van der Waals surface area contributed by atoms with Crippen molar-refractivity contribution in [2.75, 3.05) is 17.7 Å². The normalized spacial score (nSPS) is 10.9. The second-order valence-electron chi connectivity index (χ2n) is 4.88. The highest BCUT2D eigenvalue weighted by Gasteiger charge is 2.11. The summed E-state index contributed by atoms with van der Waals surface area (Å²) in [6.07, 6.45) is 5.55. The Balaban J connectivity index is 2.02. The molecule has 0 spiro atoms. The molecule has 20 heavy (non-hydrogen) atoms. The first-order valence-corrected chi connectivity index (χ1v) is 6.47. The first kappa shape index (κ1) is 12.5. The third kappa shape index (κ3) is 2.07. The first-order valence-electron chi connectivity index (χ1n) is 6.47. The molecule has 102 valence electrons. The molecule has 1 aromatic carbocycles. The summed E-state index contributed by atoms with van der Waals surface area (Å²) in [5, 5.41) is 0.983. The average molecular weight is 267 g/mol. The summed E-state index contributed by atoms with van der Waals surface area (Å²) in [6.45, 7) is 0.721. The summed E-state index contributed by atoms with van der Waals surface area (Å²) in [4.78, 5) is 11.0. The molecule has 0 atom stereocenters. The van der Waals surface area contributed by atoms with Crippen LogP contribution in [0, 0.1) is 0 Å². The fourth-order valence-corrected chi connectivity index (χ4v) is 2.33. The van der Waals surface area contributed by atoms with E-state index in [2.05, 4.69) is 14.9 Å². The van der Waals surface area contributed by atoms with Gasteiger partial charge in [0.25, 0.3) is 0 Å². The van der Waals surface area contributed by atoms with E-state index in [1.807, 2.05) is 55.3 Å². The van der Waals surface area contributed by atoms with Crippen molar-refractivity contribution in [3.05, 3.63) is 48.7 Å². The second-order valence-corrected chi connectivity index (χ2v) is 4.88. The minimum absolute atomic E-state index is 0.721. The number of pyridine rings is 1. The lowest BCUT2D eigenvalue weighted by atomic mass is 10.1. The highest BCUT2D eigenvalue weighted by atomic mass is 15.2. The highest BCUT2D eigenvalue weighted by molar-refractivity contribution is 5.98. The van der Waals surface area contributed by atoms with Crippen molar-refractivity contribution in [1.29, 1.82) is 0 Å². The predicted molar refractivity (Wildman–Crippen MR) is 81.5 cm³/mol. The summed E-state index contributed by atoms with van der Waals surface area (Å²) in [7, 11) is 4.03. The third-order valence-electron chi connectivity index (χ3n) is 3.49. The van der Waals surface area contributed by atoms with E-state index in [0.29, 0.717) is 0 Å². The molecule has 0 amide bonds. The molecule has 5 heteroatoms. The average Bonchev–Trinajstić information content (AvgIpc) is 2.85. The molecular formula is C15H17N5. The van der Waals surface area contributed by atoms with E-state index < -0.39 is 0 Å². The van der Waals surface area contributed by atoms with Gasteiger partial charge in [-0.25, -0.2) is 4.98 Å². The number of nitrogens with two attached hydrogens (primary N) is 1. The van der Waals surface area contributed by atoms with E-state index in [1.54, 1.807) is 6.20 Å². The third-order valence-corrected chi connectivity index (χ3v) is 3.49. The van der Waals surface area contributed by atoms with E-state index in [-0.39, 0.29) is 0 Å². The Kier molecular flexibility index (Phi) is 3.02. The number of nitrogens with zero attached hydrogens (tertiary/aromatic N) is 4. The van der Waals surface area contributed by atoms with Gasteiger partial charge in [0.2, 0.25) is 0 Å². The Hall–Kier alpha value is -2.56. The van der Waals surface area contributed by atoms with Crippen molar-refractivity contribution in [3.63, 3.8) is 0 Å². The molecule has 0 radical (unpaired) electrons. The molecule has 0 aliphatic rings. The van der Waals surface area contributed by atoms with Gasteiger partial charge in [0.1, 0.15) is 5.82 Å². The lowest BCUT2D eigenvalue weighted by molar-refractivity contribution is 0.762. The molecule has 0 fully saturated rings. The number of anilines is 2. The zero-order chi connectivity index (χ0) is 14.1. The van der Waals surface area contributed by atoms with E-state index in [0.717, 1.165) is 34.6 Å². The van der Waals surface area contributed by atoms with Crippen LogP contribution in [0.2, 0.25) is 0 Å². The van der Waals surface area contributed by atoms with Crippen LogP contribution >= 0.6 is 0 Å². The number of nitrogen functional groups attached to an aromatic ring is 1. The number of fused-ring (bicyclic) bond motifs is 1. The van der Waals surface area contributed by atoms with Gasteiger partial charge in [-0.3, -0.25) is 4.98 Å². The monoisotopic (exact) mass is 267 g/mol. The summed E-state index contributed by atoms with van der Waals surface area (Å²) in [5.74, 6) is 1.01. The van der Waals surface area contributed by atoms with Crippen LogP contribution in [0.4, 0.5) is 11.4 Å². The van der Waals surface area contributed by atoms with Crippen LogP contribution in [-0.2, 0) is 13.6 Å². The van der Waals surface area contributed by atoms with Gasteiger partial charge in [-0.2, -0.15) is 0 Å². The minimum atomic E-state index is 0.721. The van der Waals surface area contributed by atoms with Crippen molar-refractivity contribution in [3.8, 4) is 0 Å². The lowest BCUT2D eigenvalue weighted by Gasteiger charge is -2.20. The number of hydrogen-bond acceptors (Lipinski definition) is 4. The predicted octanol–water partition coefficient (Wildman–Crippen LogP) is 2.19. The van der Waals surface area contributed by atoms with Gasteiger partial charge >= 0.3 is 0 Å². The fraction of sp³-hybridized carbons (Fsp3) is 0.200. The molecule has 0 bridgehead atoms. The molecule has 2 N–H and O–H groups in total. The molecular weight excluding hydrogens is 250 g/mol. The second kappa shape index (κ2) is 4.85. The molecule has 3 rings (SSSR count). The van der Waals surface area contributed by atoms with Crippen LogP contribution < -0.4 is 10.6 Å². The van der Waals surface area contributed by atoms with Gasteiger partial charge in [-0.15, -0.1) is 0 Å². The molecule has 2 aromatic heterocycles. The summed E-state index contributed by atoms with van der Waals surface area (Å²) in [5.41, 5.74) is 8.74. The molecule has 0 aliphatic heterocycles. The molecule has 0 saturated carbocycles. The van der Waals surface area contributed by atoms with Gasteiger partial charge < -0.3 is 15.2 Å². The van der Waals surface area contributed by atoms with Crippen LogP contribution in [0.25, 0.3) is 10.9 Å². The van der Waals surface area contributed by atoms with E-state index in [9.17, 15) is 0 Å². The summed E-state index contributed by atoms with van der Waals surface area (Å²) >= 11 is 0. The zero-order valence-corrected chi connectivity index (χ0v) is 11.6. The van der Waals surface area contributed by atoms with E-state index >= 15 is 0 Å². The Bertz CT molecular complexity index is 747. The maximum atomic E-state index is 6.01. The van der Waals surface area contributed by atoms with Gasteiger partial charge in [0.15, 0.2) is 0 Å². The molecule has 0 unspecified atom stereocenters. The number of rotatable bonds is 3. The molecule has 3 aromatic rings. The number of aromatic nitrogens is 3. The Morgan fingerprint density at radius 1 is 1.20 bits per heavy atom. The standard InChI is InChI=1S/C15H17N5/c1-19-9-8-17-14(19)10-20(2)13-6-5-12(16)11-4-3-7-18-15(11)13/h3-9H,10,16H2,1-2H3. The number of hydrogen-bond donors (Lipinski definition) is 1. The Labute approximate surface area is 117 Å². The maximum absolute atomic E-state index is 6.01. The van der Waals surface area contributed by atoms with Gasteiger partial charge in [0.05, 0.1) is 17.7 Å². The van der Waals surface area contributed by atoms with Crippen LogP contribution in [0.3, 0.4) is 0 Å². The smallest absolute Gasteiger partial charge is 0.127 e. The summed E-state index contributed by atoms with van der Waals surface area (Å²) < 4.78 is 2.02. The minimum Gasteiger partial charge on any atom is -0.398 e. The SMILES string of the molecule is CN(Cc1nccn1C)c1ccc(N)c2cccnc12. The van der Waals surface area contributed by atoms with Crippen molar-refractivity contribution >= 4 is 22.3 Å². The molecule has 0 saturated heterocycles. The molecule has 2 heterocycles.